The topological polar surface area (TPSA) is 32.3 Å². The van der Waals surface area contributed by atoms with Gasteiger partial charge in [-0.2, -0.15) is 13.2 Å². The van der Waals surface area contributed by atoms with Gasteiger partial charge in [0.05, 0.1) is 21.0 Å². The first-order valence-electron chi connectivity index (χ1n) is 8.53. The first kappa shape index (κ1) is 24.7. The van der Waals surface area contributed by atoms with Crippen LogP contribution in [0.4, 0.5) is 18.0 Å². The van der Waals surface area contributed by atoms with Gasteiger partial charge in [0.2, 0.25) is 0 Å². The van der Waals surface area contributed by atoms with E-state index in [2.05, 4.69) is 5.32 Å². The summed E-state index contributed by atoms with van der Waals surface area (Å²) in [6.45, 7) is 0.187. The van der Waals surface area contributed by atoms with E-state index in [0.29, 0.717) is 16.1 Å². The van der Waals surface area contributed by atoms with Crippen LogP contribution in [0.5, 0.6) is 0 Å². The second-order valence-corrected chi connectivity index (χ2v) is 8.18. The molecule has 0 spiro atoms. The average Bonchev–Trinajstić information content (AvgIpc) is 2.64. The number of hydrogen-bond donors (Lipinski definition) is 1. The van der Waals surface area contributed by atoms with Crippen LogP contribution in [0.2, 0.25) is 20.1 Å². The fourth-order valence-electron chi connectivity index (χ4n) is 2.51. The van der Waals surface area contributed by atoms with Crippen LogP contribution in [0, 0.1) is 0 Å². The number of carbonyl (C=O) groups is 1. The predicted octanol–water partition coefficient (Wildman–Crippen LogP) is 7.43. The van der Waals surface area contributed by atoms with E-state index >= 15 is 0 Å². The van der Waals surface area contributed by atoms with E-state index < -0.39 is 12.1 Å². The van der Waals surface area contributed by atoms with Gasteiger partial charge in [-0.25, -0.2) is 4.79 Å². The minimum absolute atomic E-state index is 0.00397. The van der Waals surface area contributed by atoms with Crippen molar-refractivity contribution in [1.82, 2.24) is 10.2 Å². The highest BCUT2D eigenvalue weighted by molar-refractivity contribution is 6.48. The Labute approximate surface area is 192 Å². The summed E-state index contributed by atoms with van der Waals surface area (Å²) in [5, 5.41) is 2.86. The molecule has 0 bridgehead atoms. The lowest BCUT2D eigenvalue weighted by atomic mass is 9.97. The van der Waals surface area contributed by atoms with Gasteiger partial charge >= 0.3 is 12.2 Å². The molecule has 1 atom stereocenters. The summed E-state index contributed by atoms with van der Waals surface area (Å²) in [4.78, 5) is 13.0. The molecule has 0 heterocycles. The van der Waals surface area contributed by atoms with E-state index in [1.165, 1.54) is 17.0 Å². The zero-order chi connectivity index (χ0) is 22.6. The van der Waals surface area contributed by atoms with Crippen molar-refractivity contribution in [2.45, 2.75) is 18.6 Å². The molecule has 1 unspecified atom stereocenters. The Kier molecular flexibility index (Phi) is 8.34. The molecule has 10 heteroatoms. The number of allylic oxidation sites excluding steroid dienone is 1. The van der Waals surface area contributed by atoms with Crippen LogP contribution in [0.3, 0.4) is 0 Å². The smallest absolute Gasteiger partial charge is 0.334 e. The summed E-state index contributed by atoms with van der Waals surface area (Å²) >= 11 is 23.8. The first-order valence-corrected chi connectivity index (χ1v) is 10.0. The normalized spacial score (nSPS) is 12.8. The lowest BCUT2D eigenvalue weighted by Gasteiger charge is -2.18. The van der Waals surface area contributed by atoms with Crippen molar-refractivity contribution in [2.75, 3.05) is 14.1 Å². The van der Waals surface area contributed by atoms with Crippen LogP contribution in [0.15, 0.2) is 36.4 Å². The van der Waals surface area contributed by atoms with Crippen molar-refractivity contribution >= 4 is 58.5 Å². The predicted molar refractivity (Wildman–Crippen MR) is 117 cm³/mol. The zero-order valence-corrected chi connectivity index (χ0v) is 18.9. The standard InChI is InChI=1S/C20H17Cl4F3N2O/c1-29(2)19(30)28-10-12-5-3-11(7-15(12)21)4-6-14(20(25,26)27)13-8-16(22)18(24)17(23)9-13/h3-9,14H,10H2,1-2H3,(H,28,30). The van der Waals surface area contributed by atoms with Crippen LogP contribution < -0.4 is 5.32 Å². The van der Waals surface area contributed by atoms with Gasteiger partial charge < -0.3 is 10.2 Å². The lowest BCUT2D eigenvalue weighted by molar-refractivity contribution is -0.139. The average molecular weight is 500 g/mol. The van der Waals surface area contributed by atoms with Crippen LogP contribution in [-0.4, -0.2) is 31.2 Å². The van der Waals surface area contributed by atoms with E-state index in [-0.39, 0.29) is 33.2 Å². The van der Waals surface area contributed by atoms with Crippen molar-refractivity contribution in [3.05, 3.63) is 73.2 Å². The van der Waals surface area contributed by atoms with Gasteiger partial charge in [0.1, 0.15) is 0 Å². The van der Waals surface area contributed by atoms with Crippen LogP contribution >= 0.6 is 46.4 Å². The Morgan fingerprint density at radius 2 is 1.67 bits per heavy atom. The largest absolute Gasteiger partial charge is 0.399 e. The number of nitrogens with one attached hydrogen (secondary N) is 1. The molecule has 0 saturated heterocycles. The SMILES string of the molecule is CN(C)C(=O)NCc1ccc(C=CC(c2cc(Cl)c(Cl)c(Cl)c2)C(F)(F)F)cc1Cl. The third kappa shape index (κ3) is 6.45. The number of alkyl halides is 3. The summed E-state index contributed by atoms with van der Waals surface area (Å²) in [5.41, 5.74) is 0.961. The van der Waals surface area contributed by atoms with E-state index in [1.54, 1.807) is 26.2 Å². The quantitative estimate of drug-likeness (QED) is 0.426. The Bertz CT molecular complexity index is 939. The molecular weight excluding hydrogens is 483 g/mol. The molecule has 2 aromatic rings. The fourth-order valence-corrected chi connectivity index (χ4v) is 3.38. The number of rotatable bonds is 5. The molecule has 0 fully saturated rings. The van der Waals surface area contributed by atoms with Crippen molar-refractivity contribution in [2.24, 2.45) is 0 Å². The molecule has 0 aromatic heterocycles. The summed E-state index contributed by atoms with van der Waals surface area (Å²) < 4.78 is 40.8. The lowest BCUT2D eigenvalue weighted by Crippen LogP contribution is -2.33. The Morgan fingerprint density at radius 1 is 1.07 bits per heavy atom. The minimum atomic E-state index is -4.57. The van der Waals surface area contributed by atoms with E-state index in [0.717, 1.165) is 18.2 Å². The maximum atomic E-state index is 13.6. The molecule has 30 heavy (non-hydrogen) atoms. The van der Waals surface area contributed by atoms with Gasteiger partial charge in [-0.3, -0.25) is 0 Å². The fraction of sp³-hybridized carbons (Fsp3) is 0.250. The Hall–Kier alpha value is -1.60. The number of urea groups is 1. The molecule has 2 rings (SSSR count). The number of hydrogen-bond acceptors (Lipinski definition) is 1. The van der Waals surface area contributed by atoms with Crippen molar-refractivity contribution in [3.8, 4) is 0 Å². The van der Waals surface area contributed by atoms with Crippen LogP contribution in [0.25, 0.3) is 6.08 Å². The first-order chi connectivity index (χ1) is 13.9. The molecule has 0 aliphatic heterocycles. The number of amides is 2. The maximum absolute atomic E-state index is 13.6. The number of carbonyl (C=O) groups excluding carboxylic acids is 1. The van der Waals surface area contributed by atoms with Gasteiger partial charge in [-0.1, -0.05) is 70.7 Å². The summed E-state index contributed by atoms with van der Waals surface area (Å²) in [5.74, 6) is -1.94. The van der Waals surface area contributed by atoms with Crippen LogP contribution in [0.1, 0.15) is 22.6 Å². The number of nitrogens with zero attached hydrogens (tertiary/aromatic N) is 1. The highest BCUT2D eigenvalue weighted by Gasteiger charge is 2.39. The summed E-state index contributed by atoms with van der Waals surface area (Å²) in [6, 6.07) is 6.75. The van der Waals surface area contributed by atoms with Gasteiger partial charge in [-0.05, 0) is 34.9 Å². The molecule has 0 aliphatic carbocycles. The minimum Gasteiger partial charge on any atom is -0.334 e. The monoisotopic (exact) mass is 498 g/mol. The second kappa shape index (κ2) is 10.1. The molecule has 0 saturated carbocycles. The molecule has 162 valence electrons. The molecular formula is C20H17Cl4F3N2O. The molecule has 0 radical (unpaired) electrons. The van der Waals surface area contributed by atoms with E-state index in [1.807, 2.05) is 0 Å². The molecule has 0 aliphatic rings. The van der Waals surface area contributed by atoms with Crippen molar-refractivity contribution < 1.29 is 18.0 Å². The van der Waals surface area contributed by atoms with Crippen molar-refractivity contribution in [1.29, 1.82) is 0 Å². The summed E-state index contributed by atoms with van der Waals surface area (Å²) in [6.07, 6.45) is -2.27. The van der Waals surface area contributed by atoms with Gasteiger partial charge in [0.15, 0.2) is 0 Å². The van der Waals surface area contributed by atoms with Crippen molar-refractivity contribution in [3.63, 3.8) is 0 Å². The van der Waals surface area contributed by atoms with Gasteiger partial charge in [0.25, 0.3) is 0 Å². The Balaban J connectivity index is 2.26. The highest BCUT2D eigenvalue weighted by Crippen LogP contribution is 2.41. The van der Waals surface area contributed by atoms with E-state index in [4.69, 9.17) is 46.4 Å². The number of benzene rings is 2. The van der Waals surface area contributed by atoms with Crippen LogP contribution in [-0.2, 0) is 6.54 Å². The Morgan fingerprint density at radius 3 is 2.17 bits per heavy atom. The molecule has 2 aromatic carbocycles. The third-order valence-electron chi connectivity index (χ3n) is 4.11. The second-order valence-electron chi connectivity index (χ2n) is 6.58. The molecule has 3 nitrogen and oxygen atoms in total. The maximum Gasteiger partial charge on any atom is 0.399 e. The summed E-state index contributed by atoms with van der Waals surface area (Å²) in [7, 11) is 3.20. The van der Waals surface area contributed by atoms with Gasteiger partial charge in [-0.15, -0.1) is 0 Å². The van der Waals surface area contributed by atoms with Gasteiger partial charge in [0, 0.05) is 25.7 Å². The van der Waals surface area contributed by atoms with E-state index in [9.17, 15) is 18.0 Å². The zero-order valence-electron chi connectivity index (χ0n) is 15.8. The highest BCUT2D eigenvalue weighted by atomic mass is 35.5. The third-order valence-corrected chi connectivity index (χ3v) is 5.66. The molecule has 2 amide bonds. The number of halogens is 7. The molecule has 1 N–H and O–H groups in total.